The second-order valence-electron chi connectivity index (χ2n) is 6.24. The highest BCUT2D eigenvalue weighted by molar-refractivity contribution is 5.37. The average Bonchev–Trinajstić information content (AvgIpc) is 2.89. The number of rotatable bonds is 4. The maximum Gasteiger partial charge on any atom is 0.123 e. The second-order valence-corrected chi connectivity index (χ2v) is 6.24. The maximum atomic E-state index is 5.97. The van der Waals surface area contributed by atoms with Gasteiger partial charge in [-0.1, -0.05) is 48.5 Å². The van der Waals surface area contributed by atoms with Gasteiger partial charge >= 0.3 is 0 Å². The fraction of sp³-hybridized carbons (Fsp3) is 0.368. The molecule has 1 unspecified atom stereocenters. The molecule has 1 saturated carbocycles. The Balaban J connectivity index is 1.24. The van der Waals surface area contributed by atoms with E-state index < -0.39 is 0 Å². The van der Waals surface area contributed by atoms with Crippen LogP contribution in [0.25, 0.3) is 0 Å². The Kier molecular flexibility index (Phi) is 3.40. The molecule has 0 bridgehead atoms. The van der Waals surface area contributed by atoms with Crippen LogP contribution in [0.3, 0.4) is 0 Å². The molecule has 1 fully saturated rings. The van der Waals surface area contributed by atoms with Gasteiger partial charge in [-0.3, -0.25) is 0 Å². The molecule has 1 atom stereocenters. The van der Waals surface area contributed by atoms with Crippen LogP contribution in [0.2, 0.25) is 0 Å². The Morgan fingerprint density at radius 2 is 1.71 bits per heavy atom. The number of benzene rings is 2. The van der Waals surface area contributed by atoms with Gasteiger partial charge in [0.05, 0.1) is 0 Å². The van der Waals surface area contributed by atoms with Crippen LogP contribution in [0.1, 0.15) is 29.9 Å². The number of fused-ring (bicyclic) bond motifs is 1. The van der Waals surface area contributed by atoms with E-state index >= 15 is 0 Å². The predicted octanol–water partition coefficient (Wildman–Crippen LogP) is 3.53. The summed E-state index contributed by atoms with van der Waals surface area (Å²) in [5.41, 5.74) is 2.83. The van der Waals surface area contributed by atoms with E-state index in [0.717, 1.165) is 24.6 Å². The lowest BCUT2D eigenvalue weighted by Gasteiger charge is -2.37. The van der Waals surface area contributed by atoms with Gasteiger partial charge in [0, 0.05) is 19.0 Å². The number of hydrogen-bond donors (Lipinski definition) is 1. The minimum atomic E-state index is 0.304. The van der Waals surface area contributed by atoms with Crippen molar-refractivity contribution in [1.82, 2.24) is 5.32 Å². The minimum absolute atomic E-state index is 0.304. The lowest BCUT2D eigenvalue weighted by Crippen LogP contribution is -2.44. The summed E-state index contributed by atoms with van der Waals surface area (Å²) < 4.78 is 5.97. The van der Waals surface area contributed by atoms with Crippen molar-refractivity contribution in [3.8, 4) is 5.75 Å². The van der Waals surface area contributed by atoms with Crippen molar-refractivity contribution in [2.75, 3.05) is 6.54 Å². The molecular weight excluding hydrogens is 258 g/mol. The van der Waals surface area contributed by atoms with Crippen LogP contribution >= 0.6 is 0 Å². The highest BCUT2D eigenvalue weighted by Gasteiger charge is 2.31. The predicted molar refractivity (Wildman–Crippen MR) is 84.8 cm³/mol. The molecule has 0 aromatic heterocycles. The summed E-state index contributed by atoms with van der Waals surface area (Å²) in [7, 11) is 0. The first kappa shape index (κ1) is 12.9. The molecule has 0 spiro atoms. The molecule has 108 valence electrons. The van der Waals surface area contributed by atoms with Crippen molar-refractivity contribution in [3.05, 3.63) is 65.7 Å². The summed E-state index contributed by atoms with van der Waals surface area (Å²) in [4.78, 5) is 0. The Morgan fingerprint density at radius 1 is 0.952 bits per heavy atom. The van der Waals surface area contributed by atoms with Crippen LogP contribution in [0, 0.1) is 0 Å². The minimum Gasteiger partial charge on any atom is -0.488 e. The Bertz CT molecular complexity index is 579. The van der Waals surface area contributed by atoms with Gasteiger partial charge in [-0.15, -0.1) is 0 Å². The molecule has 2 heteroatoms. The molecule has 2 aliphatic rings. The van der Waals surface area contributed by atoms with Crippen LogP contribution in [0.15, 0.2) is 54.6 Å². The van der Waals surface area contributed by atoms with Gasteiger partial charge in [0.25, 0.3) is 0 Å². The first-order valence-corrected chi connectivity index (χ1v) is 7.91. The highest BCUT2D eigenvalue weighted by Crippen LogP contribution is 2.37. The molecule has 2 aromatic carbocycles. The fourth-order valence-corrected chi connectivity index (χ4v) is 3.45. The topological polar surface area (TPSA) is 21.3 Å². The zero-order valence-corrected chi connectivity index (χ0v) is 12.2. The average molecular weight is 279 g/mol. The van der Waals surface area contributed by atoms with Crippen LogP contribution in [0.5, 0.6) is 5.75 Å². The van der Waals surface area contributed by atoms with Crippen molar-refractivity contribution < 1.29 is 4.74 Å². The zero-order chi connectivity index (χ0) is 14.1. The Morgan fingerprint density at radius 3 is 2.52 bits per heavy atom. The number of nitrogens with one attached hydrogen (secondary N) is 1. The first-order chi connectivity index (χ1) is 10.4. The molecule has 4 rings (SSSR count). The molecule has 21 heavy (non-hydrogen) atoms. The third kappa shape index (κ3) is 2.68. The first-order valence-electron chi connectivity index (χ1n) is 7.91. The van der Waals surface area contributed by atoms with E-state index in [4.69, 9.17) is 4.74 Å². The van der Waals surface area contributed by atoms with E-state index in [-0.39, 0.29) is 0 Å². The second kappa shape index (κ2) is 5.53. The number of hydrogen-bond acceptors (Lipinski definition) is 2. The summed E-state index contributed by atoms with van der Waals surface area (Å²) in [5.74, 6) is 1.81. The summed E-state index contributed by atoms with van der Waals surface area (Å²) in [5, 5.41) is 3.67. The van der Waals surface area contributed by atoms with Gasteiger partial charge in [-0.2, -0.15) is 0 Å². The van der Waals surface area contributed by atoms with Crippen molar-refractivity contribution in [2.24, 2.45) is 0 Å². The third-order valence-electron chi connectivity index (χ3n) is 4.76. The van der Waals surface area contributed by atoms with E-state index in [0.29, 0.717) is 12.1 Å². The SMILES string of the molecule is c1ccc(C2CC(NCC3Cc4ccccc4O3)C2)cc1. The molecule has 2 aromatic rings. The molecule has 1 N–H and O–H groups in total. The highest BCUT2D eigenvalue weighted by atomic mass is 16.5. The monoisotopic (exact) mass is 279 g/mol. The standard InChI is InChI=1S/C19H21NO/c1-2-6-14(7-3-1)16-10-17(11-16)20-13-18-12-15-8-4-5-9-19(15)21-18/h1-9,16-18,20H,10-13H2. The van der Waals surface area contributed by atoms with E-state index in [1.165, 1.54) is 24.0 Å². The van der Waals surface area contributed by atoms with E-state index in [9.17, 15) is 0 Å². The van der Waals surface area contributed by atoms with Gasteiger partial charge in [0.2, 0.25) is 0 Å². The molecule has 1 heterocycles. The van der Waals surface area contributed by atoms with Gasteiger partial charge in [0.15, 0.2) is 0 Å². The van der Waals surface area contributed by atoms with Crippen molar-refractivity contribution in [3.63, 3.8) is 0 Å². The van der Waals surface area contributed by atoms with Crippen LogP contribution in [0.4, 0.5) is 0 Å². The van der Waals surface area contributed by atoms with Crippen molar-refractivity contribution in [1.29, 1.82) is 0 Å². The van der Waals surface area contributed by atoms with E-state index in [2.05, 4.69) is 53.8 Å². The summed E-state index contributed by atoms with van der Waals surface area (Å²) >= 11 is 0. The van der Waals surface area contributed by atoms with E-state index in [1.807, 2.05) is 6.07 Å². The normalized spacial score (nSPS) is 26.8. The van der Waals surface area contributed by atoms with Crippen LogP contribution in [-0.4, -0.2) is 18.7 Å². The van der Waals surface area contributed by atoms with Gasteiger partial charge in [-0.25, -0.2) is 0 Å². The zero-order valence-electron chi connectivity index (χ0n) is 12.2. The molecule has 0 amide bonds. The summed E-state index contributed by atoms with van der Waals surface area (Å²) in [6.45, 7) is 0.959. The van der Waals surface area contributed by atoms with Gasteiger partial charge < -0.3 is 10.1 Å². The van der Waals surface area contributed by atoms with Crippen molar-refractivity contribution in [2.45, 2.75) is 37.3 Å². The fourth-order valence-electron chi connectivity index (χ4n) is 3.45. The Hall–Kier alpha value is -1.80. The van der Waals surface area contributed by atoms with E-state index in [1.54, 1.807) is 0 Å². The molecule has 1 aliphatic carbocycles. The lowest BCUT2D eigenvalue weighted by molar-refractivity contribution is 0.199. The molecule has 0 saturated heterocycles. The third-order valence-corrected chi connectivity index (χ3v) is 4.76. The molecule has 2 nitrogen and oxygen atoms in total. The summed E-state index contributed by atoms with van der Waals surface area (Å²) in [6.07, 6.45) is 3.85. The number of para-hydroxylation sites is 1. The number of ether oxygens (including phenoxy) is 1. The maximum absolute atomic E-state index is 5.97. The molecular formula is C19H21NO. The van der Waals surface area contributed by atoms with Gasteiger partial charge in [-0.05, 0) is 36.0 Å². The Labute approximate surface area is 126 Å². The smallest absolute Gasteiger partial charge is 0.123 e. The van der Waals surface area contributed by atoms with Gasteiger partial charge in [0.1, 0.15) is 11.9 Å². The lowest BCUT2D eigenvalue weighted by atomic mass is 9.76. The van der Waals surface area contributed by atoms with Crippen LogP contribution < -0.4 is 10.1 Å². The largest absolute Gasteiger partial charge is 0.488 e. The quantitative estimate of drug-likeness (QED) is 0.924. The van der Waals surface area contributed by atoms with Crippen LogP contribution in [-0.2, 0) is 6.42 Å². The van der Waals surface area contributed by atoms with Crippen molar-refractivity contribution >= 4 is 0 Å². The molecule has 0 radical (unpaired) electrons. The summed E-state index contributed by atoms with van der Waals surface area (Å²) in [6, 6.07) is 19.9. The molecule has 1 aliphatic heterocycles.